The summed E-state index contributed by atoms with van der Waals surface area (Å²) in [4.78, 5) is 21.6. The third-order valence-electron chi connectivity index (χ3n) is 3.90. The number of hydrogen-bond acceptors (Lipinski definition) is 5. The van der Waals surface area contributed by atoms with E-state index in [2.05, 4.69) is 4.74 Å². The largest absolute Gasteiger partial charge is 0.468 e. The van der Waals surface area contributed by atoms with E-state index in [1.165, 1.54) is 0 Å². The number of rotatable bonds is 8. The fraction of sp³-hybridized carbons (Fsp3) is 0.857. The van der Waals surface area contributed by atoms with Gasteiger partial charge in [-0.05, 0) is 37.5 Å². The van der Waals surface area contributed by atoms with Crippen molar-refractivity contribution in [1.29, 1.82) is 0 Å². The highest BCUT2D eigenvalue weighted by Gasteiger charge is 2.43. The van der Waals surface area contributed by atoms with Gasteiger partial charge >= 0.3 is 5.97 Å². The number of carbonyl (C=O) groups is 2. The van der Waals surface area contributed by atoms with Crippen molar-refractivity contribution < 1.29 is 23.8 Å². The Kier molecular flexibility index (Phi) is 5.19. The molecule has 0 aromatic rings. The number of esters is 1. The van der Waals surface area contributed by atoms with Gasteiger partial charge in [-0.2, -0.15) is 0 Å². The molecule has 0 N–H and O–H groups in total. The first-order chi connectivity index (χ1) is 9.19. The SMILES string of the molecule is CC(CCOC=O)CC(=O)OCC1CCC2OC2C1. The van der Waals surface area contributed by atoms with Crippen molar-refractivity contribution in [1.82, 2.24) is 0 Å². The minimum Gasteiger partial charge on any atom is -0.468 e. The first-order valence-corrected chi connectivity index (χ1v) is 7.05. The summed E-state index contributed by atoms with van der Waals surface area (Å²) in [6.07, 6.45) is 5.22. The van der Waals surface area contributed by atoms with Gasteiger partial charge in [-0.15, -0.1) is 0 Å². The quantitative estimate of drug-likeness (QED) is 0.290. The van der Waals surface area contributed by atoms with Gasteiger partial charge in [0.25, 0.3) is 6.47 Å². The Bertz CT molecular complexity index is 317. The van der Waals surface area contributed by atoms with Crippen molar-refractivity contribution in [2.45, 2.75) is 51.2 Å². The monoisotopic (exact) mass is 270 g/mol. The molecule has 0 bridgehead atoms. The topological polar surface area (TPSA) is 65.1 Å². The van der Waals surface area contributed by atoms with Crippen LogP contribution in [0.3, 0.4) is 0 Å². The van der Waals surface area contributed by atoms with Gasteiger partial charge in [0.1, 0.15) is 0 Å². The van der Waals surface area contributed by atoms with Gasteiger partial charge in [-0.1, -0.05) is 6.92 Å². The number of hydrogen-bond donors (Lipinski definition) is 0. The summed E-state index contributed by atoms with van der Waals surface area (Å²) in [5, 5.41) is 0. The molecule has 19 heavy (non-hydrogen) atoms. The van der Waals surface area contributed by atoms with Gasteiger partial charge in [0.15, 0.2) is 0 Å². The Balaban J connectivity index is 1.54. The van der Waals surface area contributed by atoms with Crippen LogP contribution in [0.2, 0.25) is 0 Å². The smallest absolute Gasteiger partial charge is 0.306 e. The summed E-state index contributed by atoms with van der Waals surface area (Å²) in [6.45, 7) is 3.27. The van der Waals surface area contributed by atoms with E-state index in [4.69, 9.17) is 9.47 Å². The Hall–Kier alpha value is -1.10. The molecule has 1 aliphatic carbocycles. The van der Waals surface area contributed by atoms with Crippen LogP contribution < -0.4 is 0 Å². The Morgan fingerprint density at radius 1 is 1.42 bits per heavy atom. The van der Waals surface area contributed by atoms with Crippen molar-refractivity contribution >= 4 is 12.4 Å². The highest BCUT2D eigenvalue weighted by Crippen LogP contribution is 2.39. The maximum absolute atomic E-state index is 11.7. The molecular formula is C14H22O5. The molecule has 5 heteroatoms. The molecule has 1 heterocycles. The molecule has 2 fully saturated rings. The van der Waals surface area contributed by atoms with E-state index < -0.39 is 0 Å². The minimum absolute atomic E-state index is 0.155. The fourth-order valence-corrected chi connectivity index (χ4v) is 2.61. The van der Waals surface area contributed by atoms with E-state index in [9.17, 15) is 9.59 Å². The average Bonchev–Trinajstić information content (AvgIpc) is 3.15. The van der Waals surface area contributed by atoms with Gasteiger partial charge in [0, 0.05) is 6.42 Å². The second-order valence-electron chi connectivity index (χ2n) is 5.64. The van der Waals surface area contributed by atoms with Gasteiger partial charge in [0.2, 0.25) is 0 Å². The second-order valence-corrected chi connectivity index (χ2v) is 5.64. The zero-order valence-corrected chi connectivity index (χ0v) is 11.4. The average molecular weight is 270 g/mol. The van der Waals surface area contributed by atoms with E-state index in [1.54, 1.807) is 0 Å². The fourth-order valence-electron chi connectivity index (χ4n) is 2.61. The highest BCUT2D eigenvalue weighted by atomic mass is 16.6. The van der Waals surface area contributed by atoms with E-state index in [0.717, 1.165) is 19.3 Å². The van der Waals surface area contributed by atoms with Gasteiger partial charge in [-0.3, -0.25) is 9.59 Å². The summed E-state index contributed by atoms with van der Waals surface area (Å²) >= 11 is 0. The normalized spacial score (nSPS) is 30.1. The van der Waals surface area contributed by atoms with Crippen molar-refractivity contribution in [3.63, 3.8) is 0 Å². The molecule has 0 aromatic carbocycles. The highest BCUT2D eigenvalue weighted by molar-refractivity contribution is 5.69. The molecule has 0 radical (unpaired) electrons. The van der Waals surface area contributed by atoms with Crippen molar-refractivity contribution in [2.24, 2.45) is 11.8 Å². The van der Waals surface area contributed by atoms with Crippen LogP contribution in [0.15, 0.2) is 0 Å². The molecule has 0 aromatic heterocycles. The molecule has 108 valence electrons. The van der Waals surface area contributed by atoms with Gasteiger partial charge < -0.3 is 14.2 Å². The van der Waals surface area contributed by atoms with Crippen LogP contribution in [0.1, 0.15) is 39.0 Å². The zero-order chi connectivity index (χ0) is 13.7. The zero-order valence-electron chi connectivity index (χ0n) is 11.4. The van der Waals surface area contributed by atoms with Crippen LogP contribution in [0, 0.1) is 11.8 Å². The molecule has 1 saturated heterocycles. The molecular weight excluding hydrogens is 248 g/mol. The Morgan fingerprint density at radius 2 is 2.26 bits per heavy atom. The lowest BCUT2D eigenvalue weighted by Crippen LogP contribution is -2.21. The summed E-state index contributed by atoms with van der Waals surface area (Å²) in [7, 11) is 0. The molecule has 0 spiro atoms. The standard InChI is InChI=1S/C14H22O5/c1-10(4-5-17-9-15)6-14(16)18-8-11-2-3-12-13(7-11)19-12/h9-13H,2-8H2,1H3. The van der Waals surface area contributed by atoms with E-state index >= 15 is 0 Å². The van der Waals surface area contributed by atoms with Crippen LogP contribution in [-0.4, -0.2) is 37.9 Å². The Morgan fingerprint density at radius 3 is 3.00 bits per heavy atom. The first-order valence-electron chi connectivity index (χ1n) is 7.05. The number of carbonyl (C=O) groups excluding carboxylic acids is 2. The lowest BCUT2D eigenvalue weighted by Gasteiger charge is -2.19. The summed E-state index contributed by atoms with van der Waals surface area (Å²) < 4.78 is 15.4. The Labute approximate surface area is 113 Å². The van der Waals surface area contributed by atoms with E-state index in [0.29, 0.717) is 50.7 Å². The van der Waals surface area contributed by atoms with Crippen LogP contribution in [0.25, 0.3) is 0 Å². The molecule has 5 nitrogen and oxygen atoms in total. The van der Waals surface area contributed by atoms with Crippen molar-refractivity contribution in [2.75, 3.05) is 13.2 Å². The van der Waals surface area contributed by atoms with Crippen molar-refractivity contribution in [3.8, 4) is 0 Å². The van der Waals surface area contributed by atoms with Crippen LogP contribution in [0.4, 0.5) is 0 Å². The summed E-state index contributed by atoms with van der Waals surface area (Å²) in [5.74, 6) is 0.480. The van der Waals surface area contributed by atoms with E-state index in [1.807, 2.05) is 6.92 Å². The number of ether oxygens (including phenoxy) is 3. The molecule has 2 aliphatic rings. The third kappa shape index (κ3) is 4.82. The van der Waals surface area contributed by atoms with Crippen molar-refractivity contribution in [3.05, 3.63) is 0 Å². The molecule has 2 rings (SSSR count). The lowest BCUT2D eigenvalue weighted by molar-refractivity contribution is -0.146. The molecule has 4 atom stereocenters. The predicted octanol–water partition coefficient (Wildman–Crippen LogP) is 1.69. The summed E-state index contributed by atoms with van der Waals surface area (Å²) in [5.41, 5.74) is 0. The first kappa shape index (κ1) is 14.3. The maximum atomic E-state index is 11.7. The van der Waals surface area contributed by atoms with E-state index in [-0.39, 0.29) is 11.9 Å². The minimum atomic E-state index is -0.155. The molecule has 0 amide bonds. The van der Waals surface area contributed by atoms with Crippen LogP contribution in [-0.2, 0) is 23.8 Å². The molecule has 4 unspecified atom stereocenters. The maximum Gasteiger partial charge on any atom is 0.306 e. The number of fused-ring (bicyclic) bond motifs is 1. The predicted molar refractivity (Wildman–Crippen MR) is 67.4 cm³/mol. The second kappa shape index (κ2) is 6.89. The van der Waals surface area contributed by atoms with Crippen LogP contribution >= 0.6 is 0 Å². The molecule has 1 aliphatic heterocycles. The molecule has 1 saturated carbocycles. The van der Waals surface area contributed by atoms with Gasteiger partial charge in [0.05, 0.1) is 25.4 Å². The lowest BCUT2D eigenvalue weighted by atomic mass is 9.90. The van der Waals surface area contributed by atoms with Crippen LogP contribution in [0.5, 0.6) is 0 Å². The third-order valence-corrected chi connectivity index (χ3v) is 3.90. The number of epoxide rings is 1. The summed E-state index contributed by atoms with van der Waals surface area (Å²) in [6, 6.07) is 0. The van der Waals surface area contributed by atoms with Gasteiger partial charge in [-0.25, -0.2) is 0 Å².